The first-order valence-electron chi connectivity index (χ1n) is 15.7. The van der Waals surface area contributed by atoms with Crippen LogP contribution >= 0.6 is 0 Å². The predicted octanol–water partition coefficient (Wildman–Crippen LogP) is 4.86. The molecule has 1 fully saturated rings. The molecule has 0 unspecified atom stereocenters. The Hall–Kier alpha value is -4.39. The van der Waals surface area contributed by atoms with Crippen molar-refractivity contribution < 1.29 is 18.7 Å². The third kappa shape index (κ3) is 4.91. The molecule has 12 heteroatoms. The van der Waals surface area contributed by atoms with Crippen molar-refractivity contribution in [2.45, 2.75) is 63.2 Å². The Morgan fingerprint density at radius 1 is 1.07 bits per heavy atom. The van der Waals surface area contributed by atoms with E-state index in [9.17, 15) is 14.7 Å². The lowest BCUT2D eigenvalue weighted by atomic mass is 9.82. The number of aryl methyl sites for hydroxylation is 1. The number of H-pyrrole nitrogens is 1. The van der Waals surface area contributed by atoms with Gasteiger partial charge in [-0.3, -0.25) is 19.4 Å². The number of aliphatic hydroxyl groups is 1. The molecule has 2 N–H and O–H groups in total. The highest BCUT2D eigenvalue weighted by molar-refractivity contribution is 6.72. The first-order chi connectivity index (χ1) is 22.1. The number of carbonyl (C=O) groups excluding carboxylic acids is 1. The number of aliphatic hydroxyl groups excluding tert-OH is 1. The number of anilines is 1. The van der Waals surface area contributed by atoms with Crippen LogP contribution in [0, 0.1) is 5.92 Å². The zero-order chi connectivity index (χ0) is 32.2. The average Bonchev–Trinajstić information content (AvgIpc) is 3.77. The van der Waals surface area contributed by atoms with E-state index in [2.05, 4.69) is 15.4 Å². The topological polar surface area (TPSA) is 118 Å². The number of benzene rings is 3. The van der Waals surface area contributed by atoms with Crippen molar-refractivity contribution in [3.05, 3.63) is 106 Å². The van der Waals surface area contributed by atoms with Gasteiger partial charge in [-0.25, -0.2) is 4.68 Å². The number of rotatable bonds is 9. The summed E-state index contributed by atoms with van der Waals surface area (Å²) in [5.74, 6) is -0.705. The summed E-state index contributed by atoms with van der Waals surface area (Å²) in [5.41, 5.74) is 2.11. The van der Waals surface area contributed by atoms with Gasteiger partial charge in [0.15, 0.2) is 5.60 Å². The molecule has 4 heterocycles. The fourth-order valence-electron chi connectivity index (χ4n) is 7.54. The smallest absolute Gasteiger partial charge is 0.279 e. The minimum atomic E-state index is -3.38. The molecule has 1 saturated heterocycles. The second-order valence-corrected chi connectivity index (χ2v) is 16.7. The molecule has 2 aliphatic heterocycles. The van der Waals surface area contributed by atoms with Crippen LogP contribution in [0.3, 0.4) is 0 Å². The third-order valence-electron chi connectivity index (χ3n) is 9.58. The van der Waals surface area contributed by atoms with E-state index in [1.807, 2.05) is 73.7 Å². The van der Waals surface area contributed by atoms with Crippen molar-refractivity contribution in [1.82, 2.24) is 24.8 Å². The van der Waals surface area contributed by atoms with Gasteiger partial charge in [0.2, 0.25) is 8.41 Å². The zero-order valence-corrected chi connectivity index (χ0v) is 27.1. The Morgan fingerprint density at radius 2 is 1.83 bits per heavy atom. The summed E-state index contributed by atoms with van der Waals surface area (Å²) < 4.78 is 26.4. The molecule has 1 amide bonds. The van der Waals surface area contributed by atoms with Gasteiger partial charge in [0.25, 0.3) is 11.5 Å². The van der Waals surface area contributed by atoms with Crippen molar-refractivity contribution in [2.75, 3.05) is 11.5 Å². The number of para-hydroxylation sites is 1. The summed E-state index contributed by atoms with van der Waals surface area (Å²) in [5, 5.41) is 21.3. The molecule has 2 aromatic heterocycles. The molecular weight excluding hydrogens is 603 g/mol. The summed E-state index contributed by atoms with van der Waals surface area (Å²) >= 11 is 0. The van der Waals surface area contributed by atoms with Gasteiger partial charge in [0.1, 0.15) is 0 Å². The van der Waals surface area contributed by atoms with Crippen LogP contribution < -0.4 is 10.5 Å². The fraction of sp³-hybridized carbons (Fsp3) is 0.353. The number of hydrogen-bond donors (Lipinski definition) is 2. The van der Waals surface area contributed by atoms with E-state index in [4.69, 9.17) is 4.74 Å². The van der Waals surface area contributed by atoms with E-state index in [1.54, 1.807) is 34.9 Å². The average molecular weight is 641 g/mol. The lowest BCUT2D eigenvalue weighted by Gasteiger charge is -2.31. The van der Waals surface area contributed by atoms with E-state index in [-0.39, 0.29) is 18.1 Å². The quantitative estimate of drug-likeness (QED) is 0.176. The highest BCUT2D eigenvalue weighted by Gasteiger charge is 2.66. The van der Waals surface area contributed by atoms with Crippen LogP contribution in [0.2, 0.25) is 18.6 Å². The van der Waals surface area contributed by atoms with Gasteiger partial charge in [-0.05, 0) is 55.4 Å². The molecule has 0 radical (unpaired) electrons. The van der Waals surface area contributed by atoms with Crippen molar-refractivity contribution in [3.63, 3.8) is 0 Å². The minimum Gasteiger partial charge on any atom is -0.396 e. The number of aromatic nitrogens is 5. The first kappa shape index (κ1) is 30.3. The minimum absolute atomic E-state index is 0.0260. The standard InChI is InChI=1S/C34H37FN6O4Si/c1-22-31(46(2,3)35)30(15-17-39-21-24(16-18-42)36-38-39)45-34(22)27-19-25(41-32(43)26-11-7-8-12-28(26)37-41)13-14-29(27)40(33(34)44)20-23-9-5-4-6-10-23/h4-14,19,21-22,30-31,37,42H,15-18,20H2,1-3H3/t22-,30+,31-,34+/m1/s1. The predicted molar refractivity (Wildman–Crippen MR) is 175 cm³/mol. The van der Waals surface area contributed by atoms with E-state index < -0.39 is 31.6 Å². The van der Waals surface area contributed by atoms with Crippen LogP contribution in [0.25, 0.3) is 16.6 Å². The Balaban J connectivity index is 1.33. The zero-order valence-electron chi connectivity index (χ0n) is 26.1. The lowest BCUT2D eigenvalue weighted by Crippen LogP contribution is -2.45. The molecule has 10 nitrogen and oxygen atoms in total. The number of nitrogens with zero attached hydrogens (tertiary/aromatic N) is 5. The second-order valence-electron chi connectivity index (χ2n) is 12.9. The van der Waals surface area contributed by atoms with Crippen molar-refractivity contribution in [3.8, 4) is 5.69 Å². The van der Waals surface area contributed by atoms with E-state index in [1.165, 1.54) is 4.68 Å². The number of halogens is 1. The Labute approximate surface area is 266 Å². The summed E-state index contributed by atoms with van der Waals surface area (Å²) in [6.45, 7) is 6.02. The third-order valence-corrected chi connectivity index (χ3v) is 12.0. The molecule has 0 bridgehead atoms. The summed E-state index contributed by atoms with van der Waals surface area (Å²) in [4.78, 5) is 30.0. The summed E-state index contributed by atoms with van der Waals surface area (Å²) in [6, 6.07) is 22.6. The van der Waals surface area contributed by atoms with Gasteiger partial charge in [-0.15, -0.1) is 5.10 Å². The van der Waals surface area contributed by atoms with Gasteiger partial charge in [0, 0.05) is 42.8 Å². The molecule has 5 aromatic rings. The van der Waals surface area contributed by atoms with Crippen LogP contribution in [0.4, 0.5) is 9.80 Å². The number of hydrogen-bond acceptors (Lipinski definition) is 6. The number of ether oxygens (including phenoxy) is 1. The Kier molecular flexibility index (Phi) is 7.53. The van der Waals surface area contributed by atoms with Crippen molar-refractivity contribution in [2.24, 2.45) is 5.92 Å². The molecule has 2 aliphatic rings. The van der Waals surface area contributed by atoms with Crippen LogP contribution in [-0.4, -0.2) is 56.9 Å². The largest absolute Gasteiger partial charge is 0.396 e. The van der Waals surface area contributed by atoms with Crippen LogP contribution in [0.15, 0.2) is 83.8 Å². The molecule has 1 spiro atoms. The maximum Gasteiger partial charge on any atom is 0.279 e. The summed E-state index contributed by atoms with van der Waals surface area (Å²) in [6.07, 6.45) is 2.05. The Morgan fingerprint density at radius 3 is 2.57 bits per heavy atom. The molecule has 3 aromatic carbocycles. The normalized spacial score (nSPS) is 22.8. The lowest BCUT2D eigenvalue weighted by molar-refractivity contribution is -0.146. The van der Waals surface area contributed by atoms with Gasteiger partial charge < -0.3 is 18.9 Å². The number of amides is 1. The molecule has 46 heavy (non-hydrogen) atoms. The van der Waals surface area contributed by atoms with Crippen LogP contribution in [0.5, 0.6) is 0 Å². The van der Waals surface area contributed by atoms with Crippen molar-refractivity contribution in [1.29, 1.82) is 0 Å². The molecule has 4 atom stereocenters. The van der Waals surface area contributed by atoms with Crippen LogP contribution in [-0.2, 0) is 34.6 Å². The van der Waals surface area contributed by atoms with Gasteiger partial charge in [-0.1, -0.05) is 54.6 Å². The van der Waals surface area contributed by atoms with E-state index >= 15 is 4.11 Å². The maximum absolute atomic E-state index is 16.3. The van der Waals surface area contributed by atoms with E-state index in [0.717, 1.165) is 5.56 Å². The molecular formula is C34H37FN6O4Si. The van der Waals surface area contributed by atoms with Crippen molar-refractivity contribution >= 4 is 30.9 Å². The fourth-order valence-corrected chi connectivity index (χ4v) is 10.1. The number of nitrogens with one attached hydrogen (secondary N) is 1. The number of aromatic amines is 1. The Bertz CT molecular complexity index is 1970. The second kappa shape index (κ2) is 11.4. The summed E-state index contributed by atoms with van der Waals surface area (Å²) in [7, 11) is -3.38. The molecule has 7 rings (SSSR count). The van der Waals surface area contributed by atoms with Gasteiger partial charge in [-0.2, -0.15) is 0 Å². The highest BCUT2D eigenvalue weighted by atomic mass is 28.4. The molecule has 0 saturated carbocycles. The van der Waals surface area contributed by atoms with Crippen LogP contribution in [0.1, 0.15) is 30.2 Å². The maximum atomic E-state index is 16.3. The SMILES string of the molecule is C[C@@H]1[C@@H]([Si](C)(C)F)[C@H](CCn2cc(CCO)nn2)O[C@@]12C(=O)N(Cc1ccccc1)c1ccc(-n3[nH]c4ccccc4c3=O)cc12. The number of fused-ring (bicyclic) bond motifs is 3. The first-order valence-corrected chi connectivity index (χ1v) is 18.6. The number of carbonyl (C=O) groups is 1. The highest BCUT2D eigenvalue weighted by Crippen LogP contribution is 2.60. The van der Waals surface area contributed by atoms with E-state index in [0.29, 0.717) is 59.5 Å². The molecule has 0 aliphatic carbocycles. The monoisotopic (exact) mass is 640 g/mol. The van der Waals surface area contributed by atoms with Gasteiger partial charge >= 0.3 is 0 Å². The van der Waals surface area contributed by atoms with Gasteiger partial charge in [0.05, 0.1) is 40.6 Å². The molecule has 238 valence electrons.